The largest absolute Gasteiger partial charge is 0.332 e. The lowest BCUT2D eigenvalue weighted by Gasteiger charge is -2.35. The van der Waals surface area contributed by atoms with Gasteiger partial charge < -0.3 is 15.1 Å². The van der Waals surface area contributed by atoms with Crippen LogP contribution in [0.3, 0.4) is 0 Å². The van der Waals surface area contributed by atoms with Gasteiger partial charge in [0.05, 0.1) is 13.1 Å². The highest BCUT2D eigenvalue weighted by atomic mass is 16.2. The number of hydrogen-bond donors (Lipinski definition) is 1. The number of anilines is 1. The maximum absolute atomic E-state index is 12.8. The number of carbonyl (C=O) groups excluding carboxylic acids is 2. The van der Waals surface area contributed by atoms with Gasteiger partial charge in [-0.15, -0.1) is 0 Å². The minimum absolute atomic E-state index is 0.0439. The highest BCUT2D eigenvalue weighted by molar-refractivity contribution is 5.95. The molecule has 1 aliphatic rings. The number of nitrogens with one attached hydrogen (secondary N) is 1. The molecule has 1 heterocycles. The van der Waals surface area contributed by atoms with Crippen LogP contribution in [0.2, 0.25) is 0 Å². The van der Waals surface area contributed by atoms with Crippen LogP contribution in [-0.2, 0) is 9.59 Å². The fraction of sp³-hybridized carbons (Fsp3) is 0.652. The third-order valence-electron chi connectivity index (χ3n) is 5.45. The van der Waals surface area contributed by atoms with Crippen molar-refractivity contribution in [3.8, 4) is 0 Å². The van der Waals surface area contributed by atoms with Crippen LogP contribution in [0.5, 0.6) is 0 Å². The second-order valence-corrected chi connectivity index (χ2v) is 8.48. The van der Waals surface area contributed by atoms with E-state index in [1.807, 2.05) is 38.1 Å². The smallest absolute Gasteiger partial charge is 0.244 e. The number of carbonyl (C=O) groups is 2. The molecule has 0 saturated carbocycles. The number of piperazine rings is 1. The maximum Gasteiger partial charge on any atom is 0.244 e. The zero-order valence-electron chi connectivity index (χ0n) is 18.6. The van der Waals surface area contributed by atoms with E-state index in [1.54, 1.807) is 4.90 Å². The molecule has 0 bridgehead atoms. The Hall–Kier alpha value is -1.92. The number of hydrogen-bond acceptors (Lipinski definition) is 4. The Morgan fingerprint density at radius 3 is 2.38 bits per heavy atom. The van der Waals surface area contributed by atoms with Crippen LogP contribution in [0.1, 0.15) is 39.2 Å². The maximum atomic E-state index is 12.8. The van der Waals surface area contributed by atoms with Crippen LogP contribution in [0, 0.1) is 12.8 Å². The number of nitrogens with zero attached hydrogens (tertiary/aromatic N) is 3. The molecule has 2 amide bonds. The van der Waals surface area contributed by atoms with E-state index < -0.39 is 0 Å². The van der Waals surface area contributed by atoms with E-state index in [4.69, 9.17) is 0 Å². The van der Waals surface area contributed by atoms with E-state index in [-0.39, 0.29) is 18.4 Å². The molecule has 1 saturated heterocycles. The second-order valence-electron chi connectivity index (χ2n) is 8.48. The summed E-state index contributed by atoms with van der Waals surface area (Å²) in [6, 6.07) is 7.70. The number of rotatable bonds is 10. The van der Waals surface area contributed by atoms with E-state index in [1.165, 1.54) is 6.42 Å². The number of benzene rings is 1. The Morgan fingerprint density at radius 1 is 1.10 bits per heavy atom. The molecule has 0 radical (unpaired) electrons. The first-order valence-corrected chi connectivity index (χ1v) is 11.0. The average molecular weight is 403 g/mol. The topological polar surface area (TPSA) is 55.9 Å². The minimum Gasteiger partial charge on any atom is -0.332 e. The van der Waals surface area contributed by atoms with Crippen molar-refractivity contribution < 1.29 is 9.59 Å². The first-order chi connectivity index (χ1) is 13.9. The van der Waals surface area contributed by atoms with Gasteiger partial charge in [0, 0.05) is 38.4 Å². The molecule has 0 unspecified atom stereocenters. The standard InChI is InChI=1S/C23H38N4O2/c1-5-11-27(17-22(28)24-21-9-7-6-8-20(21)4)23(29)18-26-15-13-25(14-16-26)12-10-19(2)3/h6-9,19H,5,10-18H2,1-4H3,(H,24,28). The average Bonchev–Trinajstić information content (AvgIpc) is 2.69. The Kier molecular flexibility index (Phi) is 9.61. The van der Waals surface area contributed by atoms with E-state index >= 15 is 0 Å². The molecule has 29 heavy (non-hydrogen) atoms. The monoisotopic (exact) mass is 402 g/mol. The third kappa shape index (κ3) is 8.15. The Balaban J connectivity index is 1.81. The first-order valence-electron chi connectivity index (χ1n) is 11.0. The van der Waals surface area contributed by atoms with Crippen molar-refractivity contribution in [3.05, 3.63) is 29.8 Å². The molecule has 1 fully saturated rings. The van der Waals surface area contributed by atoms with Gasteiger partial charge >= 0.3 is 0 Å². The molecule has 1 aromatic carbocycles. The second kappa shape index (κ2) is 11.9. The molecule has 2 rings (SSSR count). The summed E-state index contributed by atoms with van der Waals surface area (Å²) in [6.45, 7) is 14.6. The minimum atomic E-state index is -0.139. The zero-order chi connectivity index (χ0) is 21.2. The van der Waals surface area contributed by atoms with Gasteiger partial charge in [0.2, 0.25) is 11.8 Å². The summed E-state index contributed by atoms with van der Waals surface area (Å²) >= 11 is 0. The molecule has 1 aromatic rings. The fourth-order valence-corrected chi connectivity index (χ4v) is 3.54. The summed E-state index contributed by atoms with van der Waals surface area (Å²) in [7, 11) is 0. The van der Waals surface area contributed by atoms with Gasteiger partial charge in [-0.25, -0.2) is 0 Å². The number of para-hydroxylation sites is 1. The molecule has 162 valence electrons. The molecule has 6 heteroatoms. The number of aryl methyl sites for hydroxylation is 1. The SMILES string of the molecule is CCCN(CC(=O)Nc1ccccc1C)C(=O)CN1CCN(CCC(C)C)CC1. The Morgan fingerprint density at radius 2 is 1.76 bits per heavy atom. The molecule has 0 aliphatic carbocycles. The van der Waals surface area contributed by atoms with Crippen LogP contribution >= 0.6 is 0 Å². The lowest BCUT2D eigenvalue weighted by Crippen LogP contribution is -2.51. The lowest BCUT2D eigenvalue weighted by atomic mass is 10.1. The highest BCUT2D eigenvalue weighted by Gasteiger charge is 2.23. The summed E-state index contributed by atoms with van der Waals surface area (Å²) in [6.07, 6.45) is 2.06. The fourth-order valence-electron chi connectivity index (χ4n) is 3.54. The molecule has 0 aromatic heterocycles. The predicted octanol–water partition coefficient (Wildman–Crippen LogP) is 2.84. The van der Waals surface area contributed by atoms with Crippen LogP contribution in [-0.4, -0.2) is 78.9 Å². The summed E-state index contributed by atoms with van der Waals surface area (Å²) < 4.78 is 0. The van der Waals surface area contributed by atoms with Crippen molar-refractivity contribution in [1.29, 1.82) is 0 Å². The van der Waals surface area contributed by atoms with Gasteiger partial charge in [0.15, 0.2) is 0 Å². The third-order valence-corrected chi connectivity index (χ3v) is 5.45. The van der Waals surface area contributed by atoms with Crippen molar-refractivity contribution in [2.75, 3.05) is 57.7 Å². The first kappa shape index (κ1) is 23.4. The van der Waals surface area contributed by atoms with Crippen LogP contribution in [0.15, 0.2) is 24.3 Å². The van der Waals surface area contributed by atoms with Gasteiger partial charge in [0.1, 0.15) is 0 Å². The molecule has 0 atom stereocenters. The summed E-state index contributed by atoms with van der Waals surface area (Å²) in [5, 5.41) is 2.93. The number of amides is 2. The normalized spacial score (nSPS) is 15.5. The molecule has 6 nitrogen and oxygen atoms in total. The van der Waals surface area contributed by atoms with E-state index in [2.05, 4.69) is 29.0 Å². The molecule has 1 aliphatic heterocycles. The highest BCUT2D eigenvalue weighted by Crippen LogP contribution is 2.13. The van der Waals surface area contributed by atoms with Crippen LogP contribution in [0.4, 0.5) is 5.69 Å². The van der Waals surface area contributed by atoms with Crippen molar-refractivity contribution in [3.63, 3.8) is 0 Å². The van der Waals surface area contributed by atoms with E-state index in [9.17, 15) is 9.59 Å². The van der Waals surface area contributed by atoms with E-state index in [0.29, 0.717) is 13.1 Å². The predicted molar refractivity (Wildman–Crippen MR) is 119 cm³/mol. The Bertz CT molecular complexity index is 654. The molecular formula is C23H38N4O2. The van der Waals surface area contributed by atoms with Gasteiger partial charge in [0.25, 0.3) is 0 Å². The molecule has 0 spiro atoms. The van der Waals surface area contributed by atoms with Gasteiger partial charge in [-0.1, -0.05) is 39.0 Å². The van der Waals surface area contributed by atoms with Crippen molar-refractivity contribution in [2.24, 2.45) is 5.92 Å². The summed E-state index contributed by atoms with van der Waals surface area (Å²) in [4.78, 5) is 31.7. The van der Waals surface area contributed by atoms with Gasteiger partial charge in [-0.2, -0.15) is 0 Å². The van der Waals surface area contributed by atoms with Gasteiger partial charge in [-0.05, 0) is 43.9 Å². The molecular weight excluding hydrogens is 364 g/mol. The summed E-state index contributed by atoms with van der Waals surface area (Å²) in [5.74, 6) is 0.630. The quantitative estimate of drug-likeness (QED) is 0.654. The van der Waals surface area contributed by atoms with Crippen molar-refractivity contribution in [1.82, 2.24) is 14.7 Å². The molecule has 1 N–H and O–H groups in total. The Labute approximate surface area is 176 Å². The van der Waals surface area contributed by atoms with Crippen LogP contribution < -0.4 is 5.32 Å². The van der Waals surface area contributed by atoms with E-state index in [0.717, 1.165) is 56.3 Å². The zero-order valence-corrected chi connectivity index (χ0v) is 18.6. The summed E-state index contributed by atoms with van der Waals surface area (Å²) in [5.41, 5.74) is 1.82. The van der Waals surface area contributed by atoms with Crippen LogP contribution in [0.25, 0.3) is 0 Å². The van der Waals surface area contributed by atoms with Crippen molar-refractivity contribution >= 4 is 17.5 Å². The van der Waals surface area contributed by atoms with Crippen molar-refractivity contribution in [2.45, 2.75) is 40.5 Å². The lowest BCUT2D eigenvalue weighted by molar-refractivity contribution is -0.136. The van der Waals surface area contributed by atoms with Gasteiger partial charge in [-0.3, -0.25) is 14.5 Å².